The van der Waals surface area contributed by atoms with Crippen LogP contribution >= 0.6 is 0 Å². The number of allylic oxidation sites excluding steroid dienone is 10. The first-order valence-corrected chi connectivity index (χ1v) is 32.3. The molecule has 74 heavy (non-hydrogen) atoms. The molecule has 0 N–H and O–H groups in total. The normalized spacial score (nSPS) is 12.4. The third-order valence-corrected chi connectivity index (χ3v) is 14.2. The van der Waals surface area contributed by atoms with Gasteiger partial charge >= 0.3 is 17.9 Å². The molecule has 1 unspecified atom stereocenters. The average molecular weight is 1040 g/mol. The summed E-state index contributed by atoms with van der Waals surface area (Å²) in [5.41, 5.74) is 0. The lowest BCUT2D eigenvalue weighted by molar-refractivity contribution is -0.167. The van der Waals surface area contributed by atoms with Crippen molar-refractivity contribution < 1.29 is 28.6 Å². The summed E-state index contributed by atoms with van der Waals surface area (Å²) >= 11 is 0. The van der Waals surface area contributed by atoms with Crippen LogP contribution < -0.4 is 0 Å². The van der Waals surface area contributed by atoms with Crippen LogP contribution in [0.4, 0.5) is 0 Å². The molecule has 0 aliphatic rings. The van der Waals surface area contributed by atoms with Gasteiger partial charge in [-0.25, -0.2) is 0 Å². The Morgan fingerprint density at radius 1 is 0.284 bits per heavy atom. The summed E-state index contributed by atoms with van der Waals surface area (Å²) in [4.78, 5) is 38.2. The minimum absolute atomic E-state index is 0.0843. The molecule has 0 saturated heterocycles. The number of hydrogen-bond acceptors (Lipinski definition) is 6. The van der Waals surface area contributed by atoms with Crippen molar-refractivity contribution in [1.29, 1.82) is 0 Å². The van der Waals surface area contributed by atoms with Gasteiger partial charge in [0, 0.05) is 19.3 Å². The lowest BCUT2D eigenvalue weighted by Crippen LogP contribution is -2.30. The second-order valence-electron chi connectivity index (χ2n) is 21.6. The van der Waals surface area contributed by atoms with E-state index >= 15 is 0 Å². The van der Waals surface area contributed by atoms with Crippen LogP contribution in [-0.4, -0.2) is 37.2 Å². The highest BCUT2D eigenvalue weighted by molar-refractivity contribution is 5.71. The van der Waals surface area contributed by atoms with Crippen molar-refractivity contribution in [3.05, 3.63) is 60.8 Å². The zero-order valence-corrected chi connectivity index (χ0v) is 49.4. The Kier molecular flexibility index (Phi) is 60.2. The predicted octanol–water partition coefficient (Wildman–Crippen LogP) is 21.9. The molecule has 0 aromatic heterocycles. The maximum absolute atomic E-state index is 12.9. The van der Waals surface area contributed by atoms with E-state index in [-0.39, 0.29) is 31.1 Å². The van der Waals surface area contributed by atoms with E-state index in [1.54, 1.807) is 0 Å². The molecule has 6 heteroatoms. The first kappa shape index (κ1) is 71.1. The fourth-order valence-electron chi connectivity index (χ4n) is 9.44. The highest BCUT2D eigenvalue weighted by atomic mass is 16.6. The number of hydrogen-bond donors (Lipinski definition) is 0. The van der Waals surface area contributed by atoms with Gasteiger partial charge in [-0.2, -0.15) is 0 Å². The molecule has 0 saturated carbocycles. The second-order valence-corrected chi connectivity index (χ2v) is 21.6. The van der Waals surface area contributed by atoms with E-state index in [0.29, 0.717) is 19.3 Å². The van der Waals surface area contributed by atoms with E-state index in [1.807, 2.05) is 0 Å². The summed E-state index contributed by atoms with van der Waals surface area (Å²) in [6, 6.07) is 0. The van der Waals surface area contributed by atoms with E-state index in [1.165, 1.54) is 186 Å². The number of ether oxygens (including phenoxy) is 3. The molecule has 430 valence electrons. The zero-order valence-electron chi connectivity index (χ0n) is 49.4. The number of unbranched alkanes of at least 4 members (excludes halogenated alkanes) is 38. The van der Waals surface area contributed by atoms with Gasteiger partial charge in [-0.15, -0.1) is 0 Å². The van der Waals surface area contributed by atoms with Crippen LogP contribution in [0.3, 0.4) is 0 Å². The second kappa shape index (κ2) is 62.6. The van der Waals surface area contributed by atoms with E-state index in [0.717, 1.165) is 109 Å². The van der Waals surface area contributed by atoms with Crippen LogP contribution in [-0.2, 0) is 28.6 Å². The number of rotatable bonds is 59. The monoisotopic (exact) mass is 1030 g/mol. The Labute approximate surface area is 460 Å². The molecular formula is C68H122O6. The molecule has 0 amide bonds. The van der Waals surface area contributed by atoms with Crippen LogP contribution in [0.1, 0.15) is 335 Å². The lowest BCUT2D eigenvalue weighted by Gasteiger charge is -2.18. The first-order chi connectivity index (χ1) is 36.5. The van der Waals surface area contributed by atoms with Crippen LogP contribution in [0, 0.1) is 0 Å². The summed E-state index contributed by atoms with van der Waals surface area (Å²) in [6.45, 7) is 6.48. The largest absolute Gasteiger partial charge is 0.462 e. The highest BCUT2D eigenvalue weighted by Gasteiger charge is 2.19. The maximum atomic E-state index is 12.9. The van der Waals surface area contributed by atoms with Crippen molar-refractivity contribution in [2.75, 3.05) is 13.2 Å². The summed E-state index contributed by atoms with van der Waals surface area (Å²) < 4.78 is 16.9. The fraction of sp³-hybridized carbons (Fsp3) is 0.809. The third kappa shape index (κ3) is 60.0. The van der Waals surface area contributed by atoms with Gasteiger partial charge in [0.1, 0.15) is 13.2 Å². The smallest absolute Gasteiger partial charge is 0.306 e. The van der Waals surface area contributed by atoms with Gasteiger partial charge in [0.15, 0.2) is 6.10 Å². The highest BCUT2D eigenvalue weighted by Crippen LogP contribution is 2.18. The van der Waals surface area contributed by atoms with E-state index in [4.69, 9.17) is 14.2 Å². The van der Waals surface area contributed by atoms with Crippen LogP contribution in [0.25, 0.3) is 0 Å². The number of carbonyl (C=O) groups is 3. The number of carbonyl (C=O) groups excluding carboxylic acids is 3. The Morgan fingerprint density at radius 2 is 0.554 bits per heavy atom. The minimum atomic E-state index is -0.789. The van der Waals surface area contributed by atoms with Gasteiger partial charge in [-0.3, -0.25) is 14.4 Å². The molecule has 0 rings (SSSR count). The van der Waals surface area contributed by atoms with Crippen LogP contribution in [0.2, 0.25) is 0 Å². The van der Waals surface area contributed by atoms with Crippen molar-refractivity contribution in [2.45, 2.75) is 341 Å². The molecule has 1 atom stereocenters. The van der Waals surface area contributed by atoms with Gasteiger partial charge in [0.2, 0.25) is 0 Å². The van der Waals surface area contributed by atoms with Crippen LogP contribution in [0.5, 0.6) is 0 Å². The van der Waals surface area contributed by atoms with Crippen molar-refractivity contribution in [1.82, 2.24) is 0 Å². The Bertz CT molecular complexity index is 1330. The van der Waals surface area contributed by atoms with Gasteiger partial charge < -0.3 is 14.2 Å². The molecule has 0 aromatic rings. The minimum Gasteiger partial charge on any atom is -0.462 e. The lowest BCUT2D eigenvalue weighted by atomic mass is 10.0. The molecule has 0 aliphatic heterocycles. The quantitative estimate of drug-likeness (QED) is 0.0261. The molecule has 0 fully saturated rings. The third-order valence-electron chi connectivity index (χ3n) is 14.2. The molecule has 0 aromatic carbocycles. The molecule has 0 aliphatic carbocycles. The number of esters is 3. The van der Waals surface area contributed by atoms with E-state index in [2.05, 4.69) is 81.5 Å². The van der Waals surface area contributed by atoms with Crippen molar-refractivity contribution in [2.24, 2.45) is 0 Å². The fourth-order valence-corrected chi connectivity index (χ4v) is 9.44. The van der Waals surface area contributed by atoms with E-state index < -0.39 is 6.10 Å². The first-order valence-electron chi connectivity index (χ1n) is 32.3. The topological polar surface area (TPSA) is 78.9 Å². The van der Waals surface area contributed by atoms with Gasteiger partial charge in [0.25, 0.3) is 0 Å². The summed E-state index contributed by atoms with van der Waals surface area (Å²) in [7, 11) is 0. The van der Waals surface area contributed by atoms with Crippen LogP contribution in [0.15, 0.2) is 60.8 Å². The molecule has 0 bridgehead atoms. The summed E-state index contributed by atoms with van der Waals surface area (Å²) in [6.07, 6.45) is 79.7. The Hall–Kier alpha value is -2.89. The van der Waals surface area contributed by atoms with Crippen molar-refractivity contribution in [3.63, 3.8) is 0 Å². The zero-order chi connectivity index (χ0) is 53.6. The molecule has 0 radical (unpaired) electrons. The SMILES string of the molecule is CC/C=C\C/C=C\C/C=C\C/C=C\CCCCCCC(=O)OC(COC(=O)CCCCCCC/C=C\CCC)COC(=O)CCCCCCCCCCCCCCCCCCCCCCCCCCCCCCC. The standard InChI is InChI=1S/C68H122O6/c1-4-7-10-13-16-19-22-24-26-28-29-30-31-32-33-34-35-36-37-38-39-41-42-44-46-49-52-55-58-61-67(70)73-64-65(63-72-66(69)60-57-54-51-48-21-18-15-12-9-6-3)74-68(71)62-59-56-53-50-47-45-43-40-27-25-23-20-17-14-11-8-5-2/h8,11-12,15,17,20,25,27,43,45,65H,4-7,9-10,13-14,16,18-19,21-24,26,28-42,44,46-64H2,1-3H3/b11-8-,15-12-,20-17-,27-25-,45-43-. The van der Waals surface area contributed by atoms with Gasteiger partial charge in [-0.1, -0.05) is 300 Å². The summed E-state index contributed by atoms with van der Waals surface area (Å²) in [5.74, 6) is -0.905. The summed E-state index contributed by atoms with van der Waals surface area (Å²) in [5, 5.41) is 0. The average Bonchev–Trinajstić information content (AvgIpc) is 3.40. The molecule has 0 spiro atoms. The van der Waals surface area contributed by atoms with Crippen molar-refractivity contribution in [3.8, 4) is 0 Å². The maximum Gasteiger partial charge on any atom is 0.306 e. The Morgan fingerprint density at radius 3 is 0.892 bits per heavy atom. The van der Waals surface area contributed by atoms with Gasteiger partial charge in [0.05, 0.1) is 0 Å². The molecule has 0 heterocycles. The van der Waals surface area contributed by atoms with E-state index in [9.17, 15) is 14.4 Å². The molecule has 6 nitrogen and oxygen atoms in total. The van der Waals surface area contributed by atoms with Gasteiger partial charge in [-0.05, 0) is 77.0 Å². The Balaban J connectivity index is 4.14. The van der Waals surface area contributed by atoms with Crippen molar-refractivity contribution >= 4 is 17.9 Å². The predicted molar refractivity (Wildman–Crippen MR) is 321 cm³/mol. The molecular weight excluding hydrogens is 913 g/mol.